The fraction of sp³-hybridized carbons (Fsp3) is 0.765. The molecule has 2 saturated carbocycles. The van der Waals surface area contributed by atoms with Gasteiger partial charge in [0.2, 0.25) is 0 Å². The Bertz CT molecular complexity index is 523. The minimum Gasteiger partial charge on any atom is -0.378 e. The average molecular weight is 320 g/mol. The molecule has 1 N–H and O–H groups in total. The maximum atomic E-state index is 5.99. The summed E-state index contributed by atoms with van der Waals surface area (Å²) in [5.41, 5.74) is 1.22. The third-order valence-electron chi connectivity index (χ3n) is 5.45. The van der Waals surface area contributed by atoms with Crippen LogP contribution in [-0.4, -0.2) is 48.9 Å². The van der Waals surface area contributed by atoms with Crippen LogP contribution in [0.3, 0.4) is 0 Å². The van der Waals surface area contributed by atoms with Crippen molar-refractivity contribution in [2.75, 3.05) is 20.7 Å². The van der Waals surface area contributed by atoms with E-state index in [1.807, 2.05) is 20.2 Å². The number of nitrogens with one attached hydrogen (secondary N) is 1. The van der Waals surface area contributed by atoms with Gasteiger partial charge >= 0.3 is 0 Å². The number of guanidine groups is 1. The summed E-state index contributed by atoms with van der Waals surface area (Å²) in [7, 11) is 3.87. The van der Waals surface area contributed by atoms with Gasteiger partial charge in [-0.15, -0.1) is 0 Å². The van der Waals surface area contributed by atoms with Crippen molar-refractivity contribution in [2.45, 2.75) is 57.7 Å². The van der Waals surface area contributed by atoms with E-state index in [0.29, 0.717) is 24.1 Å². The second-order valence-electron chi connectivity index (χ2n) is 6.71. The molecule has 2 atom stereocenters. The number of rotatable bonds is 5. The zero-order chi connectivity index (χ0) is 16.3. The maximum Gasteiger partial charge on any atom is 0.193 e. The highest BCUT2D eigenvalue weighted by Gasteiger charge is 2.57. The molecule has 1 heterocycles. The van der Waals surface area contributed by atoms with Crippen LogP contribution in [0.25, 0.3) is 0 Å². The highest BCUT2D eigenvalue weighted by molar-refractivity contribution is 5.80. The first-order valence-corrected chi connectivity index (χ1v) is 8.65. The van der Waals surface area contributed by atoms with E-state index in [1.54, 1.807) is 6.26 Å². The summed E-state index contributed by atoms with van der Waals surface area (Å²) in [6.45, 7) is 3.58. The van der Waals surface area contributed by atoms with Gasteiger partial charge < -0.3 is 19.5 Å². The SMILES string of the molecule is CCOC1CC(NC(=NC)N(C)Cc2ccon2)C12CCCC2. The van der Waals surface area contributed by atoms with E-state index in [0.717, 1.165) is 24.7 Å². The van der Waals surface area contributed by atoms with Crippen LogP contribution in [0.15, 0.2) is 21.8 Å². The van der Waals surface area contributed by atoms with E-state index in [1.165, 1.54) is 25.7 Å². The standard InChI is InChI=1S/C17H28N4O2/c1-4-22-15-11-14(17(15)8-5-6-9-17)19-16(18-2)21(3)12-13-7-10-23-20-13/h7,10,14-15H,4-6,8-9,11-12H2,1-3H3,(H,18,19). The molecule has 0 bridgehead atoms. The average Bonchev–Trinajstić information content (AvgIpc) is 3.22. The molecule has 2 fully saturated rings. The molecule has 6 heteroatoms. The topological polar surface area (TPSA) is 62.9 Å². The van der Waals surface area contributed by atoms with Crippen molar-refractivity contribution in [1.29, 1.82) is 0 Å². The van der Waals surface area contributed by atoms with Gasteiger partial charge in [0.1, 0.15) is 12.0 Å². The van der Waals surface area contributed by atoms with Gasteiger partial charge in [-0.05, 0) is 26.2 Å². The lowest BCUT2D eigenvalue weighted by Gasteiger charge is -2.54. The third-order valence-corrected chi connectivity index (χ3v) is 5.45. The molecule has 1 aromatic rings. The van der Waals surface area contributed by atoms with Crippen LogP contribution in [-0.2, 0) is 11.3 Å². The Morgan fingerprint density at radius 1 is 1.52 bits per heavy atom. The van der Waals surface area contributed by atoms with Gasteiger partial charge in [-0.25, -0.2) is 0 Å². The van der Waals surface area contributed by atoms with Crippen LogP contribution in [0.5, 0.6) is 0 Å². The Morgan fingerprint density at radius 2 is 2.30 bits per heavy atom. The van der Waals surface area contributed by atoms with Crippen LogP contribution in [0.2, 0.25) is 0 Å². The van der Waals surface area contributed by atoms with Crippen molar-refractivity contribution < 1.29 is 9.26 Å². The van der Waals surface area contributed by atoms with Gasteiger partial charge in [0.05, 0.1) is 12.6 Å². The van der Waals surface area contributed by atoms with Gasteiger partial charge in [-0.2, -0.15) is 0 Å². The molecule has 0 saturated heterocycles. The lowest BCUT2D eigenvalue weighted by atomic mass is 9.60. The molecule has 0 radical (unpaired) electrons. The van der Waals surface area contributed by atoms with Gasteiger partial charge in [0, 0.05) is 38.2 Å². The van der Waals surface area contributed by atoms with E-state index in [2.05, 4.69) is 27.3 Å². The Balaban J connectivity index is 1.63. The molecule has 128 valence electrons. The minimum atomic E-state index is 0.306. The second kappa shape index (κ2) is 6.91. The Morgan fingerprint density at radius 3 is 2.91 bits per heavy atom. The van der Waals surface area contributed by atoms with Crippen LogP contribution >= 0.6 is 0 Å². The fourth-order valence-electron chi connectivity index (χ4n) is 4.23. The molecule has 1 spiro atoms. The minimum absolute atomic E-state index is 0.306. The monoisotopic (exact) mass is 320 g/mol. The zero-order valence-electron chi connectivity index (χ0n) is 14.4. The number of aromatic nitrogens is 1. The van der Waals surface area contributed by atoms with Crippen molar-refractivity contribution >= 4 is 5.96 Å². The van der Waals surface area contributed by atoms with Gasteiger partial charge in [-0.1, -0.05) is 18.0 Å². The van der Waals surface area contributed by atoms with Gasteiger partial charge in [-0.3, -0.25) is 4.99 Å². The molecule has 3 rings (SSSR count). The molecular formula is C17H28N4O2. The lowest BCUT2D eigenvalue weighted by Crippen LogP contribution is -2.65. The highest BCUT2D eigenvalue weighted by atomic mass is 16.5. The molecule has 2 aliphatic rings. The van der Waals surface area contributed by atoms with Gasteiger partial charge in [0.25, 0.3) is 0 Å². The summed E-state index contributed by atoms with van der Waals surface area (Å²) in [4.78, 5) is 6.54. The summed E-state index contributed by atoms with van der Waals surface area (Å²) < 4.78 is 10.9. The number of nitrogens with zero attached hydrogens (tertiary/aromatic N) is 3. The summed E-state index contributed by atoms with van der Waals surface area (Å²) in [5.74, 6) is 0.916. The molecule has 0 amide bonds. The van der Waals surface area contributed by atoms with E-state index < -0.39 is 0 Å². The Kier molecular flexibility index (Phi) is 4.90. The fourth-order valence-corrected chi connectivity index (χ4v) is 4.23. The summed E-state index contributed by atoms with van der Waals surface area (Å²) in [5, 5.41) is 7.65. The van der Waals surface area contributed by atoms with Crippen LogP contribution in [0.4, 0.5) is 0 Å². The molecule has 23 heavy (non-hydrogen) atoms. The quantitative estimate of drug-likeness (QED) is 0.667. The van der Waals surface area contributed by atoms with Crippen molar-refractivity contribution in [3.63, 3.8) is 0 Å². The number of hydrogen-bond acceptors (Lipinski definition) is 4. The lowest BCUT2D eigenvalue weighted by molar-refractivity contribution is -0.126. The first kappa shape index (κ1) is 16.3. The summed E-state index contributed by atoms with van der Waals surface area (Å²) in [6, 6.07) is 2.34. The molecule has 6 nitrogen and oxygen atoms in total. The molecule has 2 aliphatic carbocycles. The van der Waals surface area contributed by atoms with Crippen LogP contribution in [0.1, 0.15) is 44.7 Å². The maximum absolute atomic E-state index is 5.99. The predicted octanol–water partition coefficient (Wildman–Crippen LogP) is 2.42. The van der Waals surface area contributed by atoms with Crippen molar-refractivity contribution in [3.05, 3.63) is 18.0 Å². The van der Waals surface area contributed by atoms with E-state index in [4.69, 9.17) is 9.26 Å². The van der Waals surface area contributed by atoms with E-state index >= 15 is 0 Å². The largest absolute Gasteiger partial charge is 0.378 e. The molecule has 0 aromatic carbocycles. The number of aliphatic imine (C=N–C) groups is 1. The summed E-state index contributed by atoms with van der Waals surface area (Å²) in [6.07, 6.45) is 8.24. The highest BCUT2D eigenvalue weighted by Crippen LogP contribution is 2.54. The summed E-state index contributed by atoms with van der Waals surface area (Å²) >= 11 is 0. The van der Waals surface area contributed by atoms with E-state index in [-0.39, 0.29) is 0 Å². The number of hydrogen-bond donors (Lipinski definition) is 1. The zero-order valence-corrected chi connectivity index (χ0v) is 14.4. The van der Waals surface area contributed by atoms with Crippen molar-refractivity contribution in [3.8, 4) is 0 Å². The first-order valence-electron chi connectivity index (χ1n) is 8.65. The first-order chi connectivity index (χ1) is 11.2. The van der Waals surface area contributed by atoms with Crippen LogP contribution < -0.4 is 5.32 Å². The molecule has 0 aliphatic heterocycles. The molecular weight excluding hydrogens is 292 g/mol. The number of ether oxygens (including phenoxy) is 1. The Hall–Kier alpha value is -1.56. The molecule has 1 aromatic heterocycles. The second-order valence-corrected chi connectivity index (χ2v) is 6.71. The van der Waals surface area contributed by atoms with Crippen molar-refractivity contribution in [1.82, 2.24) is 15.4 Å². The van der Waals surface area contributed by atoms with Gasteiger partial charge in [0.15, 0.2) is 5.96 Å². The molecule has 2 unspecified atom stereocenters. The van der Waals surface area contributed by atoms with E-state index in [9.17, 15) is 0 Å². The Labute approximate surface area is 138 Å². The third kappa shape index (κ3) is 3.09. The smallest absolute Gasteiger partial charge is 0.193 e. The predicted molar refractivity (Wildman–Crippen MR) is 89.2 cm³/mol. The van der Waals surface area contributed by atoms with Crippen LogP contribution in [0, 0.1) is 5.41 Å². The normalized spacial score (nSPS) is 26.3. The van der Waals surface area contributed by atoms with Crippen molar-refractivity contribution in [2.24, 2.45) is 10.4 Å².